The van der Waals surface area contributed by atoms with Crippen LogP contribution in [0.3, 0.4) is 0 Å². The van der Waals surface area contributed by atoms with Crippen molar-refractivity contribution in [3.63, 3.8) is 0 Å². The van der Waals surface area contributed by atoms with Crippen LogP contribution in [-0.2, 0) is 4.74 Å². The Kier molecular flexibility index (Phi) is 3.90. The summed E-state index contributed by atoms with van der Waals surface area (Å²) in [6.07, 6.45) is 0. The van der Waals surface area contributed by atoms with Crippen LogP contribution in [0.4, 0.5) is 0 Å². The molecule has 0 spiro atoms. The first kappa shape index (κ1) is 13.3. The predicted molar refractivity (Wildman–Crippen MR) is 69.8 cm³/mol. The van der Waals surface area contributed by atoms with Gasteiger partial charge in [0.25, 0.3) is 0 Å². The minimum Gasteiger partial charge on any atom is -0.497 e. The molecule has 1 heterocycles. The third kappa shape index (κ3) is 2.23. The molecule has 1 N–H and O–H groups in total. The molecule has 0 radical (unpaired) electrons. The molecular weight excluding hydrogens is 230 g/mol. The van der Waals surface area contributed by atoms with Gasteiger partial charge in [-0.05, 0) is 31.8 Å². The van der Waals surface area contributed by atoms with Gasteiger partial charge in [-0.15, -0.1) is 0 Å². The third-order valence-electron chi connectivity index (χ3n) is 3.62. The van der Waals surface area contributed by atoms with Crippen LogP contribution in [0.25, 0.3) is 0 Å². The number of hydrogen-bond donors (Lipinski definition) is 1. The van der Waals surface area contributed by atoms with Gasteiger partial charge in [-0.1, -0.05) is 12.1 Å². The lowest BCUT2D eigenvalue weighted by molar-refractivity contribution is -0.172. The fourth-order valence-electron chi connectivity index (χ4n) is 2.69. The second-order valence-corrected chi connectivity index (χ2v) is 5.15. The van der Waals surface area contributed by atoms with E-state index in [0.29, 0.717) is 13.2 Å². The standard InChI is InChI=1S/C14H21NO3/c1-15(2)13(14(8-16)9-18-10-14)11-4-6-12(17-3)7-5-11/h4-7,13,16H,8-10H2,1-3H3. The zero-order chi connectivity index (χ0) is 13.2. The summed E-state index contributed by atoms with van der Waals surface area (Å²) < 4.78 is 10.5. The first-order chi connectivity index (χ1) is 8.63. The quantitative estimate of drug-likeness (QED) is 0.856. The molecule has 4 heteroatoms. The molecule has 1 aromatic carbocycles. The smallest absolute Gasteiger partial charge is 0.118 e. The lowest BCUT2D eigenvalue weighted by Crippen LogP contribution is -2.53. The van der Waals surface area contributed by atoms with E-state index >= 15 is 0 Å². The molecule has 18 heavy (non-hydrogen) atoms. The molecular formula is C14H21NO3. The molecule has 1 saturated heterocycles. The van der Waals surface area contributed by atoms with Crippen molar-refractivity contribution in [2.24, 2.45) is 5.41 Å². The van der Waals surface area contributed by atoms with Crippen molar-refractivity contribution in [2.75, 3.05) is 41.0 Å². The SMILES string of the molecule is COc1ccc(C(N(C)C)C2(CO)COC2)cc1. The number of ether oxygens (including phenoxy) is 2. The van der Waals surface area contributed by atoms with Crippen LogP contribution in [0, 0.1) is 5.41 Å². The van der Waals surface area contributed by atoms with Crippen molar-refractivity contribution in [1.29, 1.82) is 0 Å². The minimum atomic E-state index is -0.182. The number of aliphatic hydroxyl groups excluding tert-OH is 1. The normalized spacial score (nSPS) is 19.4. The number of methoxy groups -OCH3 is 1. The second kappa shape index (κ2) is 5.26. The number of rotatable bonds is 5. The number of benzene rings is 1. The van der Waals surface area contributed by atoms with E-state index in [9.17, 15) is 5.11 Å². The average molecular weight is 251 g/mol. The van der Waals surface area contributed by atoms with Crippen LogP contribution in [0.2, 0.25) is 0 Å². The summed E-state index contributed by atoms with van der Waals surface area (Å²) in [6, 6.07) is 8.17. The number of aliphatic hydroxyl groups is 1. The maximum Gasteiger partial charge on any atom is 0.118 e. The average Bonchev–Trinajstić information content (AvgIpc) is 2.33. The van der Waals surface area contributed by atoms with Crippen LogP contribution in [-0.4, -0.2) is 51.0 Å². The van der Waals surface area contributed by atoms with Crippen LogP contribution in [0.15, 0.2) is 24.3 Å². The van der Waals surface area contributed by atoms with Gasteiger partial charge < -0.3 is 19.5 Å². The van der Waals surface area contributed by atoms with Gasteiger partial charge in [0.05, 0.1) is 32.3 Å². The molecule has 1 aliphatic rings. The van der Waals surface area contributed by atoms with Gasteiger partial charge in [0.15, 0.2) is 0 Å². The fourth-order valence-corrected chi connectivity index (χ4v) is 2.69. The van der Waals surface area contributed by atoms with E-state index in [2.05, 4.69) is 17.0 Å². The van der Waals surface area contributed by atoms with Gasteiger partial charge in [0.2, 0.25) is 0 Å². The molecule has 1 unspecified atom stereocenters. The van der Waals surface area contributed by atoms with Crippen molar-refractivity contribution >= 4 is 0 Å². The van der Waals surface area contributed by atoms with E-state index in [1.165, 1.54) is 5.56 Å². The highest BCUT2D eigenvalue weighted by atomic mass is 16.5. The summed E-state index contributed by atoms with van der Waals surface area (Å²) in [6.45, 7) is 1.36. The Morgan fingerprint density at radius 3 is 2.28 bits per heavy atom. The summed E-state index contributed by atoms with van der Waals surface area (Å²) in [5, 5.41) is 9.69. The zero-order valence-corrected chi connectivity index (χ0v) is 11.2. The van der Waals surface area contributed by atoms with Gasteiger partial charge in [-0.3, -0.25) is 0 Å². The Morgan fingerprint density at radius 1 is 1.33 bits per heavy atom. The summed E-state index contributed by atoms with van der Waals surface area (Å²) >= 11 is 0. The third-order valence-corrected chi connectivity index (χ3v) is 3.62. The molecule has 0 bridgehead atoms. The van der Waals surface area contributed by atoms with E-state index in [-0.39, 0.29) is 18.1 Å². The fraction of sp³-hybridized carbons (Fsp3) is 0.571. The van der Waals surface area contributed by atoms with Gasteiger partial charge in [-0.25, -0.2) is 0 Å². The summed E-state index contributed by atoms with van der Waals surface area (Å²) in [4.78, 5) is 2.14. The van der Waals surface area contributed by atoms with Crippen LogP contribution < -0.4 is 4.74 Å². The van der Waals surface area contributed by atoms with Crippen molar-refractivity contribution < 1.29 is 14.6 Å². The molecule has 0 amide bonds. The Labute approximate surface area is 108 Å². The van der Waals surface area contributed by atoms with Crippen LogP contribution in [0.5, 0.6) is 5.75 Å². The Hall–Kier alpha value is -1.10. The summed E-state index contributed by atoms with van der Waals surface area (Å²) in [7, 11) is 5.72. The largest absolute Gasteiger partial charge is 0.497 e. The highest BCUT2D eigenvalue weighted by Crippen LogP contribution is 2.43. The lowest BCUT2D eigenvalue weighted by atomic mass is 9.75. The maximum atomic E-state index is 9.69. The first-order valence-corrected chi connectivity index (χ1v) is 6.12. The second-order valence-electron chi connectivity index (χ2n) is 5.15. The molecule has 0 aromatic heterocycles. The molecule has 100 valence electrons. The molecule has 0 saturated carbocycles. The van der Waals surface area contributed by atoms with Gasteiger partial charge in [0.1, 0.15) is 5.75 Å². The van der Waals surface area contributed by atoms with Gasteiger partial charge in [-0.2, -0.15) is 0 Å². The molecule has 0 aliphatic carbocycles. The highest BCUT2D eigenvalue weighted by Gasteiger charge is 2.47. The molecule has 1 aromatic rings. The predicted octanol–water partition coefficient (Wildman–Crippen LogP) is 1.31. The summed E-state index contributed by atoms with van der Waals surface area (Å²) in [5.41, 5.74) is 0.996. The van der Waals surface area contributed by atoms with E-state index < -0.39 is 0 Å². The molecule has 4 nitrogen and oxygen atoms in total. The zero-order valence-electron chi connectivity index (χ0n) is 11.2. The van der Waals surface area contributed by atoms with E-state index in [4.69, 9.17) is 9.47 Å². The highest BCUT2D eigenvalue weighted by molar-refractivity contribution is 5.30. The number of hydrogen-bond acceptors (Lipinski definition) is 4. The Balaban J connectivity index is 2.29. The van der Waals surface area contributed by atoms with E-state index in [1.54, 1.807) is 7.11 Å². The van der Waals surface area contributed by atoms with Gasteiger partial charge in [0, 0.05) is 6.04 Å². The van der Waals surface area contributed by atoms with Crippen molar-refractivity contribution in [3.8, 4) is 5.75 Å². The topological polar surface area (TPSA) is 41.9 Å². The Bertz CT molecular complexity index is 379. The lowest BCUT2D eigenvalue weighted by Gasteiger charge is -2.48. The number of nitrogens with zero attached hydrogens (tertiary/aromatic N) is 1. The van der Waals surface area contributed by atoms with Crippen LogP contribution in [0.1, 0.15) is 11.6 Å². The first-order valence-electron chi connectivity index (χ1n) is 6.12. The van der Waals surface area contributed by atoms with Crippen LogP contribution >= 0.6 is 0 Å². The molecule has 1 atom stereocenters. The van der Waals surface area contributed by atoms with Crippen molar-refractivity contribution in [2.45, 2.75) is 6.04 Å². The maximum absolute atomic E-state index is 9.69. The van der Waals surface area contributed by atoms with E-state index in [0.717, 1.165) is 5.75 Å². The minimum absolute atomic E-state index is 0.141. The molecule has 1 aliphatic heterocycles. The van der Waals surface area contributed by atoms with E-state index in [1.807, 2.05) is 26.2 Å². The molecule has 1 fully saturated rings. The summed E-state index contributed by atoms with van der Waals surface area (Å²) in [5.74, 6) is 0.846. The van der Waals surface area contributed by atoms with Crippen molar-refractivity contribution in [1.82, 2.24) is 4.90 Å². The molecule has 2 rings (SSSR count). The monoisotopic (exact) mass is 251 g/mol. The Morgan fingerprint density at radius 2 is 1.94 bits per heavy atom. The van der Waals surface area contributed by atoms with Crippen molar-refractivity contribution in [3.05, 3.63) is 29.8 Å². The van der Waals surface area contributed by atoms with Gasteiger partial charge >= 0.3 is 0 Å².